The second-order valence-corrected chi connectivity index (χ2v) is 5.69. The van der Waals surface area contributed by atoms with E-state index in [2.05, 4.69) is 19.2 Å². The van der Waals surface area contributed by atoms with Crippen molar-refractivity contribution >= 4 is 0 Å². The molecule has 20 heavy (non-hydrogen) atoms. The minimum absolute atomic E-state index is 0.229. The molecule has 0 aliphatic carbocycles. The fraction of sp³-hybridized carbons (Fsp3) is 0.625. The lowest BCUT2D eigenvalue weighted by molar-refractivity contribution is 0.0276. The number of ether oxygens (including phenoxy) is 2. The highest BCUT2D eigenvalue weighted by Crippen LogP contribution is 2.30. The second kappa shape index (κ2) is 7.50. The van der Waals surface area contributed by atoms with Crippen molar-refractivity contribution in [3.8, 4) is 11.5 Å². The van der Waals surface area contributed by atoms with E-state index in [-0.39, 0.29) is 12.6 Å². The van der Waals surface area contributed by atoms with Gasteiger partial charge >= 0.3 is 0 Å². The number of rotatable bonds is 8. The third kappa shape index (κ3) is 5.39. The van der Waals surface area contributed by atoms with E-state index in [0.29, 0.717) is 11.5 Å². The Kier molecular flexibility index (Phi) is 6.30. The average molecular weight is 281 g/mol. The van der Waals surface area contributed by atoms with Crippen LogP contribution in [-0.2, 0) is 0 Å². The van der Waals surface area contributed by atoms with E-state index in [1.165, 1.54) is 0 Å². The molecule has 0 heterocycles. The first-order valence-electron chi connectivity index (χ1n) is 7.14. The lowest BCUT2D eigenvalue weighted by Crippen LogP contribution is -2.28. The highest BCUT2D eigenvalue weighted by Gasteiger charge is 2.16. The van der Waals surface area contributed by atoms with E-state index in [1.807, 2.05) is 18.2 Å². The fourth-order valence-electron chi connectivity index (χ4n) is 1.81. The molecular formula is C16H27NO3. The van der Waals surface area contributed by atoms with E-state index in [1.54, 1.807) is 21.0 Å². The molecule has 1 atom stereocenters. The van der Waals surface area contributed by atoms with Crippen molar-refractivity contribution < 1.29 is 14.6 Å². The van der Waals surface area contributed by atoms with E-state index in [4.69, 9.17) is 9.47 Å². The van der Waals surface area contributed by atoms with Crippen molar-refractivity contribution in [1.29, 1.82) is 0 Å². The van der Waals surface area contributed by atoms with Gasteiger partial charge in [0.25, 0.3) is 0 Å². The van der Waals surface area contributed by atoms with Crippen molar-refractivity contribution in [2.45, 2.75) is 45.8 Å². The van der Waals surface area contributed by atoms with Gasteiger partial charge in [0, 0.05) is 6.04 Å². The van der Waals surface area contributed by atoms with Gasteiger partial charge in [-0.3, -0.25) is 0 Å². The van der Waals surface area contributed by atoms with Gasteiger partial charge in [0.1, 0.15) is 6.61 Å². The van der Waals surface area contributed by atoms with Crippen molar-refractivity contribution in [1.82, 2.24) is 5.32 Å². The molecule has 4 heteroatoms. The molecule has 4 nitrogen and oxygen atoms in total. The van der Waals surface area contributed by atoms with Gasteiger partial charge < -0.3 is 19.9 Å². The van der Waals surface area contributed by atoms with E-state index < -0.39 is 5.60 Å². The fourth-order valence-corrected chi connectivity index (χ4v) is 1.81. The topological polar surface area (TPSA) is 50.7 Å². The second-order valence-electron chi connectivity index (χ2n) is 5.69. The quantitative estimate of drug-likeness (QED) is 0.769. The molecule has 0 fully saturated rings. The smallest absolute Gasteiger partial charge is 0.161 e. The molecule has 1 unspecified atom stereocenters. The minimum atomic E-state index is -0.861. The van der Waals surface area contributed by atoms with Crippen molar-refractivity contribution in [3.05, 3.63) is 23.8 Å². The van der Waals surface area contributed by atoms with Crippen LogP contribution in [0.15, 0.2) is 18.2 Å². The van der Waals surface area contributed by atoms with Crippen LogP contribution in [0.1, 0.15) is 45.7 Å². The summed E-state index contributed by atoms with van der Waals surface area (Å²) in [5.41, 5.74) is 0.297. The van der Waals surface area contributed by atoms with Crippen LogP contribution in [-0.4, -0.2) is 31.0 Å². The van der Waals surface area contributed by atoms with E-state index in [9.17, 15) is 5.11 Å². The van der Waals surface area contributed by atoms with Crippen LogP contribution in [0.2, 0.25) is 0 Å². The van der Waals surface area contributed by atoms with Crippen LogP contribution in [0.5, 0.6) is 11.5 Å². The Morgan fingerprint density at radius 3 is 2.55 bits per heavy atom. The molecule has 1 aromatic rings. The van der Waals surface area contributed by atoms with Gasteiger partial charge in [-0.2, -0.15) is 0 Å². The van der Waals surface area contributed by atoms with Gasteiger partial charge in [-0.15, -0.1) is 0 Å². The Morgan fingerprint density at radius 2 is 2.00 bits per heavy atom. The summed E-state index contributed by atoms with van der Waals surface area (Å²) in [6.07, 6.45) is 1.11. The molecule has 0 aromatic heterocycles. The first kappa shape index (κ1) is 16.8. The van der Waals surface area contributed by atoms with Crippen molar-refractivity contribution in [3.63, 3.8) is 0 Å². The van der Waals surface area contributed by atoms with Gasteiger partial charge in [0.15, 0.2) is 11.5 Å². The number of aliphatic hydroxyl groups is 1. The van der Waals surface area contributed by atoms with Crippen LogP contribution in [0.4, 0.5) is 0 Å². The standard InChI is InChI=1S/C16H27NO3/c1-6-9-17-12(2)13-7-8-14(15(10-13)19-5)20-11-16(3,4)18/h7-8,10,12,17-18H,6,9,11H2,1-5H3. The maximum atomic E-state index is 9.71. The van der Waals surface area contributed by atoms with Crippen molar-refractivity contribution in [2.24, 2.45) is 0 Å². The summed E-state index contributed by atoms with van der Waals surface area (Å²) in [4.78, 5) is 0. The van der Waals surface area contributed by atoms with Gasteiger partial charge in [0.2, 0.25) is 0 Å². The SMILES string of the molecule is CCCNC(C)c1ccc(OCC(C)(C)O)c(OC)c1. The predicted octanol–water partition coefficient (Wildman–Crippen LogP) is 2.91. The zero-order valence-corrected chi connectivity index (χ0v) is 13.2. The summed E-state index contributed by atoms with van der Waals surface area (Å²) < 4.78 is 11.0. The molecule has 2 N–H and O–H groups in total. The van der Waals surface area contributed by atoms with Crippen LogP contribution < -0.4 is 14.8 Å². The summed E-state index contributed by atoms with van der Waals surface area (Å²) >= 11 is 0. The Labute approximate surface area is 122 Å². The number of benzene rings is 1. The predicted molar refractivity (Wildman–Crippen MR) is 81.5 cm³/mol. The Hall–Kier alpha value is -1.26. The van der Waals surface area contributed by atoms with Gasteiger partial charge in [-0.1, -0.05) is 13.0 Å². The third-order valence-corrected chi connectivity index (χ3v) is 2.97. The summed E-state index contributed by atoms with van der Waals surface area (Å²) in [5, 5.41) is 13.1. The lowest BCUT2D eigenvalue weighted by atomic mass is 10.1. The number of hydrogen-bond acceptors (Lipinski definition) is 4. The highest BCUT2D eigenvalue weighted by atomic mass is 16.5. The average Bonchev–Trinajstić information content (AvgIpc) is 2.41. The number of methoxy groups -OCH3 is 1. The maximum Gasteiger partial charge on any atom is 0.161 e. The zero-order chi connectivity index (χ0) is 15.2. The van der Waals surface area contributed by atoms with Crippen LogP contribution in [0.3, 0.4) is 0 Å². The molecular weight excluding hydrogens is 254 g/mol. The van der Waals surface area contributed by atoms with Gasteiger partial charge in [0.05, 0.1) is 12.7 Å². The minimum Gasteiger partial charge on any atom is -0.493 e. The van der Waals surface area contributed by atoms with Crippen molar-refractivity contribution in [2.75, 3.05) is 20.3 Å². The number of hydrogen-bond donors (Lipinski definition) is 2. The number of nitrogens with one attached hydrogen (secondary N) is 1. The molecule has 1 aromatic carbocycles. The molecule has 114 valence electrons. The molecule has 0 aliphatic heterocycles. The first-order chi connectivity index (χ1) is 9.37. The summed E-state index contributed by atoms with van der Waals surface area (Å²) in [6.45, 7) is 8.91. The Morgan fingerprint density at radius 1 is 1.30 bits per heavy atom. The summed E-state index contributed by atoms with van der Waals surface area (Å²) in [7, 11) is 1.63. The normalized spacial score (nSPS) is 13.1. The molecule has 0 saturated carbocycles. The van der Waals surface area contributed by atoms with E-state index >= 15 is 0 Å². The molecule has 0 amide bonds. The van der Waals surface area contributed by atoms with Gasteiger partial charge in [-0.05, 0) is 51.4 Å². The van der Waals surface area contributed by atoms with Gasteiger partial charge in [-0.25, -0.2) is 0 Å². The molecule has 0 aliphatic rings. The summed E-state index contributed by atoms with van der Waals surface area (Å²) in [6, 6.07) is 6.17. The molecule has 0 radical (unpaired) electrons. The van der Waals surface area contributed by atoms with Crippen LogP contribution in [0, 0.1) is 0 Å². The Bertz CT molecular complexity index is 413. The first-order valence-corrected chi connectivity index (χ1v) is 7.14. The lowest BCUT2D eigenvalue weighted by Gasteiger charge is -2.20. The molecule has 0 spiro atoms. The Balaban J connectivity index is 2.79. The maximum absolute atomic E-state index is 9.71. The van der Waals surface area contributed by atoms with E-state index in [0.717, 1.165) is 18.5 Å². The molecule has 1 rings (SSSR count). The monoisotopic (exact) mass is 281 g/mol. The van der Waals surface area contributed by atoms with Crippen LogP contribution in [0.25, 0.3) is 0 Å². The highest BCUT2D eigenvalue weighted by molar-refractivity contribution is 5.43. The zero-order valence-electron chi connectivity index (χ0n) is 13.2. The van der Waals surface area contributed by atoms with Crippen LogP contribution >= 0.6 is 0 Å². The summed E-state index contributed by atoms with van der Waals surface area (Å²) in [5.74, 6) is 1.35. The molecule has 0 bridgehead atoms. The largest absolute Gasteiger partial charge is 0.493 e. The molecule has 0 saturated heterocycles. The third-order valence-electron chi connectivity index (χ3n) is 2.97.